The van der Waals surface area contributed by atoms with Crippen molar-refractivity contribution in [2.24, 2.45) is 0 Å². The molecule has 1 aliphatic rings. The predicted octanol–water partition coefficient (Wildman–Crippen LogP) is 6.10. The number of halogens is 3. The third kappa shape index (κ3) is 6.20. The molecule has 1 saturated heterocycles. The van der Waals surface area contributed by atoms with Crippen LogP contribution >= 0.6 is 47.0 Å². The zero-order valence-electron chi connectivity index (χ0n) is 18.2. The van der Waals surface area contributed by atoms with Crippen LogP contribution in [0.3, 0.4) is 0 Å². The molecule has 0 spiro atoms. The molecule has 1 amide bonds. The average Bonchev–Trinajstić information content (AvgIpc) is 2.81. The van der Waals surface area contributed by atoms with E-state index in [-0.39, 0.29) is 11.0 Å². The molecule has 0 atom stereocenters. The van der Waals surface area contributed by atoms with Gasteiger partial charge >= 0.3 is 0 Å². The molecule has 3 aromatic carbocycles. The van der Waals surface area contributed by atoms with Gasteiger partial charge in [-0.3, -0.25) is 15.0 Å². The quantitative estimate of drug-likeness (QED) is 0.388. The van der Waals surface area contributed by atoms with Crippen molar-refractivity contribution < 1.29 is 4.79 Å². The number of nitrogens with zero attached hydrogens (tertiary/aromatic N) is 2. The Morgan fingerprint density at radius 1 is 0.853 bits per heavy atom. The van der Waals surface area contributed by atoms with E-state index in [1.807, 2.05) is 30.3 Å². The van der Waals surface area contributed by atoms with Crippen LogP contribution in [0.4, 0.5) is 11.4 Å². The first-order chi connectivity index (χ1) is 16.4. The Kier molecular flexibility index (Phi) is 8.29. The summed E-state index contributed by atoms with van der Waals surface area (Å²) >= 11 is 24.3. The lowest BCUT2D eigenvalue weighted by Crippen LogP contribution is -2.46. The van der Waals surface area contributed by atoms with Gasteiger partial charge in [-0.15, -0.1) is 0 Å². The van der Waals surface area contributed by atoms with Crippen LogP contribution in [0.1, 0.15) is 15.9 Å². The highest BCUT2D eigenvalue weighted by Gasteiger charge is 2.20. The van der Waals surface area contributed by atoms with E-state index in [0.29, 0.717) is 21.3 Å². The van der Waals surface area contributed by atoms with Gasteiger partial charge in [0.25, 0.3) is 5.91 Å². The minimum atomic E-state index is -0.375. The first-order valence-electron chi connectivity index (χ1n) is 10.8. The van der Waals surface area contributed by atoms with Crippen LogP contribution in [-0.2, 0) is 6.54 Å². The van der Waals surface area contributed by atoms with Crippen LogP contribution in [0.15, 0.2) is 66.7 Å². The molecule has 176 valence electrons. The molecule has 5 nitrogen and oxygen atoms in total. The van der Waals surface area contributed by atoms with E-state index in [2.05, 4.69) is 26.5 Å². The summed E-state index contributed by atoms with van der Waals surface area (Å²) in [4.78, 5) is 17.0. The van der Waals surface area contributed by atoms with Gasteiger partial charge in [-0.25, -0.2) is 0 Å². The highest BCUT2D eigenvalue weighted by molar-refractivity contribution is 7.80. The number of carbonyl (C=O) groups excluding carboxylic acids is 1. The molecule has 0 saturated carbocycles. The topological polar surface area (TPSA) is 47.6 Å². The van der Waals surface area contributed by atoms with Gasteiger partial charge in [-0.1, -0.05) is 65.1 Å². The van der Waals surface area contributed by atoms with Gasteiger partial charge < -0.3 is 10.2 Å². The van der Waals surface area contributed by atoms with Crippen LogP contribution < -0.4 is 15.5 Å². The lowest BCUT2D eigenvalue weighted by Gasteiger charge is -2.36. The number of nitrogens with one attached hydrogen (secondary N) is 2. The van der Waals surface area contributed by atoms with Crippen molar-refractivity contribution in [2.45, 2.75) is 6.54 Å². The molecule has 1 aliphatic heterocycles. The molecule has 1 fully saturated rings. The molecule has 0 aromatic heterocycles. The molecule has 9 heteroatoms. The first-order valence-corrected chi connectivity index (χ1v) is 12.3. The highest BCUT2D eigenvalue weighted by Crippen LogP contribution is 2.30. The van der Waals surface area contributed by atoms with Crippen molar-refractivity contribution in [2.75, 3.05) is 36.4 Å². The zero-order valence-corrected chi connectivity index (χ0v) is 21.3. The van der Waals surface area contributed by atoms with Crippen molar-refractivity contribution >= 4 is 69.4 Å². The number of piperazine rings is 1. The van der Waals surface area contributed by atoms with Crippen LogP contribution in [0.2, 0.25) is 15.1 Å². The van der Waals surface area contributed by atoms with Crippen LogP contribution in [0.5, 0.6) is 0 Å². The van der Waals surface area contributed by atoms with Gasteiger partial charge in [0.05, 0.1) is 21.3 Å². The number of thiocarbonyl (C=S) groups is 1. The van der Waals surface area contributed by atoms with Crippen LogP contribution in [0.25, 0.3) is 0 Å². The number of hydrogen-bond acceptors (Lipinski definition) is 4. The van der Waals surface area contributed by atoms with Crippen molar-refractivity contribution in [3.05, 3.63) is 92.9 Å². The van der Waals surface area contributed by atoms with Crippen LogP contribution in [-0.4, -0.2) is 42.1 Å². The van der Waals surface area contributed by atoms with Gasteiger partial charge in [0.2, 0.25) is 0 Å². The van der Waals surface area contributed by atoms with Crippen LogP contribution in [0, 0.1) is 0 Å². The fraction of sp³-hybridized carbons (Fsp3) is 0.200. The van der Waals surface area contributed by atoms with E-state index in [1.54, 1.807) is 30.3 Å². The Morgan fingerprint density at radius 2 is 1.53 bits per heavy atom. The Balaban J connectivity index is 1.32. The number of carbonyl (C=O) groups is 1. The fourth-order valence-electron chi connectivity index (χ4n) is 3.83. The predicted molar refractivity (Wildman–Crippen MR) is 146 cm³/mol. The molecule has 4 rings (SSSR count). The third-order valence-corrected chi connectivity index (χ3v) is 6.82. The standard InChI is InChI=1S/C25H23Cl3N4OS/c26-20-7-3-1-5-17(20)16-31-11-13-32(14-12-31)23-10-9-18(15-22(23)28)29-25(34)30-24(33)19-6-2-4-8-21(19)27/h1-10,15H,11-14,16H2,(H2,29,30,33,34). The van der Waals surface area contributed by atoms with E-state index in [1.165, 1.54) is 0 Å². The summed E-state index contributed by atoms with van der Waals surface area (Å²) in [5.74, 6) is -0.375. The summed E-state index contributed by atoms with van der Waals surface area (Å²) in [5.41, 5.74) is 3.16. The number of benzene rings is 3. The largest absolute Gasteiger partial charge is 0.368 e. The van der Waals surface area contributed by atoms with Crippen molar-refractivity contribution in [1.82, 2.24) is 10.2 Å². The number of rotatable bonds is 5. The van der Waals surface area contributed by atoms with Gasteiger partial charge in [0, 0.05) is 43.4 Å². The van der Waals surface area contributed by atoms with Gasteiger partial charge in [0.1, 0.15) is 0 Å². The molecule has 34 heavy (non-hydrogen) atoms. The summed E-state index contributed by atoms with van der Waals surface area (Å²) in [5, 5.41) is 7.60. The summed E-state index contributed by atoms with van der Waals surface area (Å²) in [6.07, 6.45) is 0. The summed E-state index contributed by atoms with van der Waals surface area (Å²) < 4.78 is 0. The number of anilines is 2. The summed E-state index contributed by atoms with van der Waals surface area (Å²) in [6.45, 7) is 4.40. The summed E-state index contributed by atoms with van der Waals surface area (Å²) in [7, 11) is 0. The van der Waals surface area contributed by atoms with Gasteiger partial charge in [-0.2, -0.15) is 0 Å². The number of hydrogen-bond donors (Lipinski definition) is 2. The smallest absolute Gasteiger partial charge is 0.258 e. The lowest BCUT2D eigenvalue weighted by atomic mass is 10.2. The maximum atomic E-state index is 12.4. The molecule has 0 bridgehead atoms. The van der Waals surface area contributed by atoms with Gasteiger partial charge in [-0.05, 0) is 54.2 Å². The Hall–Kier alpha value is -2.35. The van der Waals surface area contributed by atoms with E-state index < -0.39 is 0 Å². The molecule has 2 N–H and O–H groups in total. The zero-order chi connectivity index (χ0) is 24.1. The second-order valence-corrected chi connectivity index (χ2v) is 9.54. The van der Waals surface area contributed by atoms with Crippen molar-refractivity contribution in [3.8, 4) is 0 Å². The second kappa shape index (κ2) is 11.4. The maximum absolute atomic E-state index is 12.4. The van der Waals surface area contributed by atoms with Crippen molar-refractivity contribution in [3.63, 3.8) is 0 Å². The minimum absolute atomic E-state index is 0.168. The summed E-state index contributed by atoms with van der Waals surface area (Å²) in [6, 6.07) is 20.4. The second-order valence-electron chi connectivity index (χ2n) is 7.91. The molecular formula is C25H23Cl3N4OS. The normalized spacial score (nSPS) is 14.0. The molecule has 1 heterocycles. The first kappa shape index (κ1) is 24.8. The third-order valence-electron chi connectivity index (χ3n) is 5.62. The van der Waals surface area contributed by atoms with E-state index in [9.17, 15) is 4.79 Å². The monoisotopic (exact) mass is 532 g/mol. The average molecular weight is 534 g/mol. The SMILES string of the molecule is O=C(NC(=S)Nc1ccc(N2CCN(Cc3ccccc3Cl)CC2)c(Cl)c1)c1ccccc1Cl. The van der Waals surface area contributed by atoms with Gasteiger partial charge in [0.15, 0.2) is 5.11 Å². The minimum Gasteiger partial charge on any atom is -0.368 e. The van der Waals surface area contributed by atoms with Crippen molar-refractivity contribution in [1.29, 1.82) is 0 Å². The Morgan fingerprint density at radius 3 is 2.21 bits per heavy atom. The van der Waals surface area contributed by atoms with E-state index in [4.69, 9.17) is 47.0 Å². The Bertz CT molecular complexity index is 1200. The molecular weight excluding hydrogens is 511 g/mol. The fourth-order valence-corrected chi connectivity index (χ4v) is 4.76. The maximum Gasteiger partial charge on any atom is 0.258 e. The molecule has 3 aromatic rings. The highest BCUT2D eigenvalue weighted by atomic mass is 35.5. The lowest BCUT2D eigenvalue weighted by molar-refractivity contribution is 0.0978. The Labute approximate surface area is 219 Å². The molecule has 0 radical (unpaired) electrons. The molecule has 0 unspecified atom stereocenters. The van der Waals surface area contributed by atoms with E-state index >= 15 is 0 Å². The molecule has 0 aliphatic carbocycles. The number of amides is 1. The van der Waals surface area contributed by atoms with E-state index in [0.717, 1.165) is 49.0 Å².